The zero-order chi connectivity index (χ0) is 15.4. The second-order valence-electron chi connectivity index (χ2n) is 4.91. The Morgan fingerprint density at radius 1 is 1.19 bits per heavy atom. The highest BCUT2D eigenvalue weighted by Crippen LogP contribution is 2.31. The molecule has 1 amide bonds. The van der Waals surface area contributed by atoms with Crippen LogP contribution in [0.5, 0.6) is 11.5 Å². The smallest absolute Gasteiger partial charge is 0.251 e. The molecule has 4 heteroatoms. The molecule has 0 aromatic heterocycles. The number of carbonyl (C=O) groups is 1. The summed E-state index contributed by atoms with van der Waals surface area (Å²) in [7, 11) is 0. The quantitative estimate of drug-likeness (QED) is 0.845. The van der Waals surface area contributed by atoms with E-state index in [1.165, 1.54) is 0 Å². The van der Waals surface area contributed by atoms with E-state index in [0.717, 1.165) is 16.9 Å². The molecule has 0 saturated heterocycles. The SMILES string of the molecule is CCNC(=O)c1ccc(Oc2cccc(C)c2C)c(N)c1. The molecule has 0 heterocycles. The molecule has 0 aliphatic carbocycles. The van der Waals surface area contributed by atoms with E-state index in [1.54, 1.807) is 18.2 Å². The van der Waals surface area contributed by atoms with E-state index < -0.39 is 0 Å². The maximum absolute atomic E-state index is 11.8. The summed E-state index contributed by atoms with van der Waals surface area (Å²) in [6.07, 6.45) is 0. The lowest BCUT2D eigenvalue weighted by Crippen LogP contribution is -2.22. The van der Waals surface area contributed by atoms with Crippen LogP contribution in [-0.2, 0) is 0 Å². The van der Waals surface area contributed by atoms with E-state index >= 15 is 0 Å². The van der Waals surface area contributed by atoms with E-state index in [1.807, 2.05) is 39.0 Å². The van der Waals surface area contributed by atoms with Gasteiger partial charge in [0.15, 0.2) is 0 Å². The average Bonchev–Trinajstić information content (AvgIpc) is 2.46. The van der Waals surface area contributed by atoms with Gasteiger partial charge in [0.05, 0.1) is 5.69 Å². The van der Waals surface area contributed by atoms with Crippen molar-refractivity contribution in [2.45, 2.75) is 20.8 Å². The van der Waals surface area contributed by atoms with Crippen LogP contribution < -0.4 is 15.8 Å². The Kier molecular flexibility index (Phi) is 4.48. The monoisotopic (exact) mass is 284 g/mol. The molecule has 4 nitrogen and oxygen atoms in total. The number of nitrogen functional groups attached to an aromatic ring is 1. The summed E-state index contributed by atoms with van der Waals surface area (Å²) >= 11 is 0. The molecule has 2 aromatic carbocycles. The van der Waals surface area contributed by atoms with Gasteiger partial charge in [0, 0.05) is 12.1 Å². The number of nitrogens with one attached hydrogen (secondary N) is 1. The van der Waals surface area contributed by atoms with Gasteiger partial charge in [-0.15, -0.1) is 0 Å². The Labute approximate surface area is 124 Å². The lowest BCUT2D eigenvalue weighted by Gasteiger charge is -2.13. The van der Waals surface area contributed by atoms with Gasteiger partial charge in [-0.25, -0.2) is 0 Å². The van der Waals surface area contributed by atoms with Crippen LogP contribution in [0.3, 0.4) is 0 Å². The second kappa shape index (κ2) is 6.31. The van der Waals surface area contributed by atoms with Crippen LogP contribution >= 0.6 is 0 Å². The fraction of sp³-hybridized carbons (Fsp3) is 0.235. The molecule has 0 atom stereocenters. The van der Waals surface area contributed by atoms with Gasteiger partial charge < -0.3 is 15.8 Å². The van der Waals surface area contributed by atoms with E-state index in [2.05, 4.69) is 5.32 Å². The fourth-order valence-corrected chi connectivity index (χ4v) is 2.00. The fourth-order valence-electron chi connectivity index (χ4n) is 2.00. The molecule has 0 aliphatic rings. The predicted octanol–water partition coefficient (Wildman–Crippen LogP) is 3.43. The first-order valence-electron chi connectivity index (χ1n) is 6.94. The minimum atomic E-state index is -0.137. The van der Waals surface area contributed by atoms with E-state index in [9.17, 15) is 4.79 Å². The number of hydrogen-bond acceptors (Lipinski definition) is 3. The van der Waals surface area contributed by atoms with Gasteiger partial charge in [-0.2, -0.15) is 0 Å². The Morgan fingerprint density at radius 3 is 2.62 bits per heavy atom. The van der Waals surface area contributed by atoms with Crippen LogP contribution in [0.15, 0.2) is 36.4 Å². The summed E-state index contributed by atoms with van der Waals surface area (Å²) in [5.41, 5.74) is 9.19. The van der Waals surface area contributed by atoms with Gasteiger partial charge in [-0.3, -0.25) is 4.79 Å². The summed E-state index contributed by atoms with van der Waals surface area (Å²) in [4.78, 5) is 11.8. The van der Waals surface area contributed by atoms with Crippen LogP contribution in [-0.4, -0.2) is 12.5 Å². The van der Waals surface area contributed by atoms with Crippen LogP contribution in [0.25, 0.3) is 0 Å². The molecular formula is C17H20N2O2. The summed E-state index contributed by atoms with van der Waals surface area (Å²) in [6, 6.07) is 10.9. The van der Waals surface area contributed by atoms with Crippen LogP contribution in [0.4, 0.5) is 5.69 Å². The van der Waals surface area contributed by atoms with E-state index in [-0.39, 0.29) is 5.91 Å². The third kappa shape index (κ3) is 3.34. The first kappa shape index (κ1) is 14.9. The molecule has 21 heavy (non-hydrogen) atoms. The third-order valence-corrected chi connectivity index (χ3v) is 3.38. The average molecular weight is 284 g/mol. The maximum atomic E-state index is 11.8. The molecule has 3 N–H and O–H groups in total. The predicted molar refractivity (Wildman–Crippen MR) is 84.9 cm³/mol. The summed E-state index contributed by atoms with van der Waals surface area (Å²) in [5, 5.41) is 2.74. The number of nitrogens with two attached hydrogens (primary N) is 1. The van der Waals surface area contributed by atoms with Gasteiger partial charge >= 0.3 is 0 Å². The number of hydrogen-bond donors (Lipinski definition) is 2. The highest BCUT2D eigenvalue weighted by molar-refractivity contribution is 5.95. The minimum Gasteiger partial charge on any atom is -0.455 e. The van der Waals surface area contributed by atoms with Crippen molar-refractivity contribution in [1.29, 1.82) is 0 Å². The zero-order valence-corrected chi connectivity index (χ0v) is 12.6. The van der Waals surface area contributed by atoms with Crippen molar-refractivity contribution in [3.05, 3.63) is 53.1 Å². The summed E-state index contributed by atoms with van der Waals surface area (Å²) in [5.74, 6) is 1.19. The highest BCUT2D eigenvalue weighted by Gasteiger charge is 2.10. The molecule has 0 saturated carbocycles. The number of benzene rings is 2. The Bertz CT molecular complexity index is 666. The number of anilines is 1. The normalized spacial score (nSPS) is 10.2. The molecule has 0 aliphatic heterocycles. The number of carbonyl (C=O) groups excluding carboxylic acids is 1. The van der Waals surface area contributed by atoms with Crippen molar-refractivity contribution in [2.75, 3.05) is 12.3 Å². The lowest BCUT2D eigenvalue weighted by molar-refractivity contribution is 0.0956. The molecule has 0 fully saturated rings. The van der Waals surface area contributed by atoms with Gasteiger partial charge in [-0.1, -0.05) is 12.1 Å². The summed E-state index contributed by atoms with van der Waals surface area (Å²) in [6.45, 7) is 6.49. The molecule has 0 spiro atoms. The van der Waals surface area contributed by atoms with Gasteiger partial charge in [-0.05, 0) is 56.2 Å². The first-order chi connectivity index (χ1) is 10.0. The molecule has 0 unspecified atom stereocenters. The van der Waals surface area contributed by atoms with Crippen LogP contribution in [0, 0.1) is 13.8 Å². The molecule has 110 valence electrons. The molecule has 2 aromatic rings. The largest absolute Gasteiger partial charge is 0.455 e. The molecule has 0 radical (unpaired) electrons. The van der Waals surface area contributed by atoms with Crippen molar-refractivity contribution < 1.29 is 9.53 Å². The Balaban J connectivity index is 2.25. The second-order valence-corrected chi connectivity index (χ2v) is 4.91. The van der Waals surface area contributed by atoms with Crippen LogP contribution in [0.2, 0.25) is 0 Å². The van der Waals surface area contributed by atoms with Crippen molar-refractivity contribution in [3.63, 3.8) is 0 Å². The Hall–Kier alpha value is -2.49. The molecular weight excluding hydrogens is 264 g/mol. The minimum absolute atomic E-state index is 0.137. The van der Waals surface area contributed by atoms with Gasteiger partial charge in [0.2, 0.25) is 0 Å². The lowest BCUT2D eigenvalue weighted by atomic mass is 10.1. The number of ether oxygens (including phenoxy) is 1. The number of amides is 1. The Morgan fingerprint density at radius 2 is 1.95 bits per heavy atom. The summed E-state index contributed by atoms with van der Waals surface area (Å²) < 4.78 is 5.86. The number of rotatable bonds is 4. The van der Waals surface area contributed by atoms with Crippen molar-refractivity contribution in [3.8, 4) is 11.5 Å². The van der Waals surface area contributed by atoms with Crippen molar-refractivity contribution in [1.82, 2.24) is 5.32 Å². The maximum Gasteiger partial charge on any atom is 0.251 e. The first-order valence-corrected chi connectivity index (χ1v) is 6.94. The van der Waals surface area contributed by atoms with E-state index in [0.29, 0.717) is 23.5 Å². The van der Waals surface area contributed by atoms with Crippen molar-refractivity contribution in [2.24, 2.45) is 0 Å². The zero-order valence-electron chi connectivity index (χ0n) is 12.6. The third-order valence-electron chi connectivity index (χ3n) is 3.38. The van der Waals surface area contributed by atoms with Gasteiger partial charge in [0.1, 0.15) is 11.5 Å². The standard InChI is InChI=1S/C17H20N2O2/c1-4-19-17(20)13-8-9-16(14(18)10-13)21-15-7-5-6-11(2)12(15)3/h5-10H,4,18H2,1-3H3,(H,19,20). The van der Waals surface area contributed by atoms with Crippen LogP contribution in [0.1, 0.15) is 28.4 Å². The number of aryl methyl sites for hydroxylation is 1. The van der Waals surface area contributed by atoms with Crippen molar-refractivity contribution >= 4 is 11.6 Å². The molecule has 2 rings (SSSR count). The molecule has 0 bridgehead atoms. The highest BCUT2D eigenvalue weighted by atomic mass is 16.5. The van der Waals surface area contributed by atoms with E-state index in [4.69, 9.17) is 10.5 Å². The van der Waals surface area contributed by atoms with Gasteiger partial charge in [0.25, 0.3) is 5.91 Å². The topological polar surface area (TPSA) is 64.3 Å².